The standard InChI is InChI=1S/C10H15ClN4/c1-7-5-15(6-8(2)14-7)10-12-3-9(11)4-13-10/h3-4,7-8,14H,5-6H2,1-2H3/t7-,8+. The topological polar surface area (TPSA) is 41.1 Å². The van der Waals surface area contributed by atoms with E-state index in [1.807, 2.05) is 0 Å². The molecule has 0 spiro atoms. The van der Waals surface area contributed by atoms with Crippen LogP contribution in [0.3, 0.4) is 0 Å². The lowest BCUT2D eigenvalue weighted by Crippen LogP contribution is -2.54. The molecule has 5 heteroatoms. The van der Waals surface area contributed by atoms with Gasteiger partial charge in [0.1, 0.15) is 0 Å². The van der Waals surface area contributed by atoms with Gasteiger partial charge in [-0.3, -0.25) is 0 Å². The van der Waals surface area contributed by atoms with Crippen molar-refractivity contribution < 1.29 is 0 Å². The Hall–Kier alpha value is -0.870. The highest BCUT2D eigenvalue weighted by Gasteiger charge is 2.22. The number of hydrogen-bond donors (Lipinski definition) is 1. The number of halogens is 1. The fraction of sp³-hybridized carbons (Fsp3) is 0.600. The van der Waals surface area contributed by atoms with Crippen molar-refractivity contribution in [2.24, 2.45) is 0 Å². The summed E-state index contributed by atoms with van der Waals surface area (Å²) in [7, 11) is 0. The van der Waals surface area contributed by atoms with Crippen LogP contribution in [0.4, 0.5) is 5.95 Å². The van der Waals surface area contributed by atoms with E-state index in [0.717, 1.165) is 19.0 Å². The van der Waals surface area contributed by atoms with E-state index in [9.17, 15) is 0 Å². The second-order valence-electron chi connectivity index (χ2n) is 4.08. The van der Waals surface area contributed by atoms with Gasteiger partial charge in [0.2, 0.25) is 5.95 Å². The molecule has 2 heterocycles. The van der Waals surface area contributed by atoms with Crippen molar-refractivity contribution in [1.82, 2.24) is 15.3 Å². The number of piperazine rings is 1. The molecule has 1 aliphatic heterocycles. The van der Waals surface area contributed by atoms with Crippen molar-refractivity contribution >= 4 is 17.5 Å². The van der Waals surface area contributed by atoms with Crippen LogP contribution in [-0.4, -0.2) is 35.1 Å². The summed E-state index contributed by atoms with van der Waals surface area (Å²) in [5.74, 6) is 0.764. The molecule has 0 aromatic carbocycles. The molecule has 0 bridgehead atoms. The lowest BCUT2D eigenvalue weighted by Gasteiger charge is -2.36. The first-order valence-corrected chi connectivity index (χ1v) is 5.51. The van der Waals surface area contributed by atoms with Crippen LogP contribution in [0.2, 0.25) is 5.02 Å². The highest BCUT2D eigenvalue weighted by atomic mass is 35.5. The first kappa shape index (κ1) is 10.6. The molecule has 0 amide bonds. The SMILES string of the molecule is C[C@@H]1CN(c2ncc(Cl)cn2)C[C@H](C)N1. The van der Waals surface area contributed by atoms with Gasteiger partial charge < -0.3 is 10.2 Å². The molecule has 1 aromatic heterocycles. The van der Waals surface area contributed by atoms with E-state index in [2.05, 4.69) is 34.0 Å². The number of nitrogens with one attached hydrogen (secondary N) is 1. The number of anilines is 1. The quantitative estimate of drug-likeness (QED) is 0.784. The van der Waals surface area contributed by atoms with Crippen LogP contribution in [0.15, 0.2) is 12.4 Å². The lowest BCUT2D eigenvalue weighted by atomic mass is 10.1. The third-order valence-corrected chi connectivity index (χ3v) is 2.64. The maximum atomic E-state index is 5.75. The van der Waals surface area contributed by atoms with Crippen LogP contribution < -0.4 is 10.2 Å². The Kier molecular flexibility index (Phi) is 3.07. The molecule has 82 valence electrons. The van der Waals surface area contributed by atoms with Crippen molar-refractivity contribution in [3.63, 3.8) is 0 Å². The van der Waals surface area contributed by atoms with Gasteiger partial charge in [-0.15, -0.1) is 0 Å². The van der Waals surface area contributed by atoms with E-state index in [1.54, 1.807) is 12.4 Å². The molecular weight excluding hydrogens is 212 g/mol. The molecule has 0 radical (unpaired) electrons. The van der Waals surface area contributed by atoms with Gasteiger partial charge in [0, 0.05) is 25.2 Å². The van der Waals surface area contributed by atoms with Gasteiger partial charge in [0.25, 0.3) is 0 Å². The van der Waals surface area contributed by atoms with E-state index < -0.39 is 0 Å². The summed E-state index contributed by atoms with van der Waals surface area (Å²) in [6.07, 6.45) is 3.28. The first-order chi connectivity index (χ1) is 7.15. The number of nitrogens with zero attached hydrogens (tertiary/aromatic N) is 3. The van der Waals surface area contributed by atoms with E-state index in [4.69, 9.17) is 11.6 Å². The normalized spacial score (nSPS) is 26.7. The van der Waals surface area contributed by atoms with E-state index in [1.165, 1.54) is 0 Å². The Morgan fingerprint density at radius 1 is 1.27 bits per heavy atom. The molecular formula is C10H15ClN4. The van der Waals surface area contributed by atoms with Crippen molar-refractivity contribution in [3.8, 4) is 0 Å². The largest absolute Gasteiger partial charge is 0.338 e. The molecule has 1 aliphatic rings. The average Bonchev–Trinajstić information content (AvgIpc) is 2.17. The minimum atomic E-state index is 0.466. The van der Waals surface area contributed by atoms with E-state index in [-0.39, 0.29) is 0 Å². The first-order valence-electron chi connectivity index (χ1n) is 5.13. The van der Waals surface area contributed by atoms with Gasteiger partial charge in [0.05, 0.1) is 17.4 Å². The van der Waals surface area contributed by atoms with Crippen LogP contribution >= 0.6 is 11.6 Å². The van der Waals surface area contributed by atoms with Crippen LogP contribution in [0.5, 0.6) is 0 Å². The molecule has 15 heavy (non-hydrogen) atoms. The minimum Gasteiger partial charge on any atom is -0.338 e. The van der Waals surface area contributed by atoms with Crippen molar-refractivity contribution in [2.45, 2.75) is 25.9 Å². The van der Waals surface area contributed by atoms with Gasteiger partial charge >= 0.3 is 0 Å². The molecule has 0 saturated carbocycles. The van der Waals surface area contributed by atoms with E-state index in [0.29, 0.717) is 17.1 Å². The third kappa shape index (κ3) is 2.58. The second-order valence-corrected chi connectivity index (χ2v) is 4.51. The van der Waals surface area contributed by atoms with Crippen LogP contribution in [0, 0.1) is 0 Å². The Morgan fingerprint density at radius 2 is 1.80 bits per heavy atom. The summed E-state index contributed by atoms with van der Waals surface area (Å²) in [6, 6.07) is 0.932. The number of rotatable bonds is 1. The zero-order chi connectivity index (χ0) is 10.8. The molecule has 1 aromatic rings. The highest BCUT2D eigenvalue weighted by molar-refractivity contribution is 6.30. The van der Waals surface area contributed by atoms with Crippen molar-refractivity contribution in [1.29, 1.82) is 0 Å². The zero-order valence-electron chi connectivity index (χ0n) is 8.94. The molecule has 1 N–H and O–H groups in total. The summed E-state index contributed by atoms with van der Waals surface area (Å²) >= 11 is 5.75. The van der Waals surface area contributed by atoms with E-state index >= 15 is 0 Å². The summed E-state index contributed by atoms with van der Waals surface area (Å²) in [4.78, 5) is 10.6. The monoisotopic (exact) mass is 226 g/mol. The Bertz CT molecular complexity index is 317. The van der Waals surface area contributed by atoms with Crippen molar-refractivity contribution in [2.75, 3.05) is 18.0 Å². The number of hydrogen-bond acceptors (Lipinski definition) is 4. The number of aromatic nitrogens is 2. The fourth-order valence-corrected chi connectivity index (χ4v) is 2.06. The van der Waals surface area contributed by atoms with Crippen LogP contribution in [0.25, 0.3) is 0 Å². The molecule has 1 fully saturated rings. The zero-order valence-corrected chi connectivity index (χ0v) is 9.70. The highest BCUT2D eigenvalue weighted by Crippen LogP contribution is 2.13. The van der Waals surface area contributed by atoms with Crippen LogP contribution in [-0.2, 0) is 0 Å². The predicted molar refractivity (Wildman–Crippen MR) is 61.3 cm³/mol. The summed E-state index contributed by atoms with van der Waals surface area (Å²) in [6.45, 7) is 6.20. The molecule has 2 rings (SSSR count). The summed E-state index contributed by atoms with van der Waals surface area (Å²) < 4.78 is 0. The molecule has 0 aliphatic carbocycles. The third-order valence-electron chi connectivity index (χ3n) is 2.45. The van der Waals surface area contributed by atoms with Crippen LogP contribution in [0.1, 0.15) is 13.8 Å². The predicted octanol–water partition coefficient (Wildman–Crippen LogP) is 1.32. The smallest absolute Gasteiger partial charge is 0.225 e. The van der Waals surface area contributed by atoms with Gasteiger partial charge in [-0.2, -0.15) is 0 Å². The van der Waals surface area contributed by atoms with Gasteiger partial charge in [-0.1, -0.05) is 11.6 Å². The maximum Gasteiger partial charge on any atom is 0.225 e. The maximum absolute atomic E-state index is 5.75. The molecule has 2 atom stereocenters. The molecule has 0 unspecified atom stereocenters. The fourth-order valence-electron chi connectivity index (χ4n) is 1.96. The average molecular weight is 227 g/mol. The Balaban J connectivity index is 2.12. The molecule has 4 nitrogen and oxygen atoms in total. The van der Waals surface area contributed by atoms with Crippen molar-refractivity contribution in [3.05, 3.63) is 17.4 Å². The second kappa shape index (κ2) is 4.33. The Labute approximate surface area is 94.7 Å². The molecule has 1 saturated heterocycles. The lowest BCUT2D eigenvalue weighted by molar-refractivity contribution is 0.403. The van der Waals surface area contributed by atoms with Gasteiger partial charge in [0.15, 0.2) is 0 Å². The summed E-state index contributed by atoms with van der Waals surface area (Å²) in [5, 5.41) is 4.05. The summed E-state index contributed by atoms with van der Waals surface area (Å²) in [5.41, 5.74) is 0. The van der Waals surface area contributed by atoms with Gasteiger partial charge in [-0.05, 0) is 13.8 Å². The van der Waals surface area contributed by atoms with Gasteiger partial charge in [-0.25, -0.2) is 9.97 Å². The Morgan fingerprint density at radius 3 is 2.33 bits per heavy atom. The minimum absolute atomic E-state index is 0.466.